The molecule has 6 heteroatoms. The fraction of sp³-hybridized carbons (Fsp3) is 0.188. The minimum absolute atomic E-state index is 0.123. The standard InChI is InChI=1S/C16H15F2NOS2/c1-11-4-2-3-5-14(11)21-10-15(20)19-12-6-8-13(9-7-12)22-16(17)18/h2-9,16H,10H2,1H3,(H,19,20). The molecule has 22 heavy (non-hydrogen) atoms. The van der Waals surface area contributed by atoms with E-state index in [2.05, 4.69) is 5.32 Å². The predicted molar refractivity (Wildman–Crippen MR) is 88.8 cm³/mol. The first-order chi connectivity index (χ1) is 10.5. The van der Waals surface area contributed by atoms with Crippen molar-refractivity contribution in [1.29, 1.82) is 0 Å². The minimum Gasteiger partial charge on any atom is -0.325 e. The van der Waals surface area contributed by atoms with Crippen LogP contribution < -0.4 is 5.32 Å². The number of rotatable bonds is 6. The molecule has 0 bridgehead atoms. The molecule has 0 aliphatic heterocycles. The first-order valence-electron chi connectivity index (χ1n) is 6.58. The third-order valence-electron chi connectivity index (χ3n) is 2.82. The van der Waals surface area contributed by atoms with E-state index in [-0.39, 0.29) is 5.91 Å². The molecule has 0 aliphatic rings. The molecule has 2 nitrogen and oxygen atoms in total. The van der Waals surface area contributed by atoms with Crippen LogP contribution in [0, 0.1) is 6.92 Å². The Balaban J connectivity index is 1.85. The van der Waals surface area contributed by atoms with Gasteiger partial charge in [0, 0.05) is 15.5 Å². The van der Waals surface area contributed by atoms with Gasteiger partial charge in [-0.25, -0.2) is 0 Å². The third kappa shape index (κ3) is 5.35. The average Bonchev–Trinajstić information content (AvgIpc) is 2.48. The van der Waals surface area contributed by atoms with Crippen molar-refractivity contribution in [1.82, 2.24) is 0 Å². The van der Waals surface area contributed by atoms with Gasteiger partial charge in [0.05, 0.1) is 5.75 Å². The Morgan fingerprint density at radius 2 is 1.82 bits per heavy atom. The number of nitrogens with one attached hydrogen (secondary N) is 1. The van der Waals surface area contributed by atoms with Crippen molar-refractivity contribution < 1.29 is 13.6 Å². The highest BCUT2D eigenvalue weighted by Crippen LogP contribution is 2.26. The van der Waals surface area contributed by atoms with Crippen LogP contribution in [0.15, 0.2) is 58.3 Å². The van der Waals surface area contributed by atoms with Crippen molar-refractivity contribution in [3.05, 3.63) is 54.1 Å². The number of halogens is 2. The molecule has 1 amide bonds. The molecule has 2 aromatic rings. The van der Waals surface area contributed by atoms with Crippen LogP contribution in [-0.4, -0.2) is 17.4 Å². The van der Waals surface area contributed by atoms with Gasteiger partial charge in [-0.15, -0.1) is 11.8 Å². The summed E-state index contributed by atoms with van der Waals surface area (Å²) in [6.45, 7) is 2.00. The van der Waals surface area contributed by atoms with Gasteiger partial charge in [-0.05, 0) is 42.8 Å². The van der Waals surface area contributed by atoms with Gasteiger partial charge < -0.3 is 5.32 Å². The minimum atomic E-state index is -2.44. The fourth-order valence-corrected chi connectivity index (χ4v) is 3.11. The molecule has 0 unspecified atom stereocenters. The lowest BCUT2D eigenvalue weighted by atomic mass is 10.2. The van der Waals surface area contributed by atoms with E-state index >= 15 is 0 Å². The van der Waals surface area contributed by atoms with Crippen molar-refractivity contribution in [3.63, 3.8) is 0 Å². The number of alkyl halides is 2. The Bertz CT molecular complexity index is 632. The summed E-state index contributed by atoms with van der Waals surface area (Å²) in [6, 6.07) is 14.3. The summed E-state index contributed by atoms with van der Waals surface area (Å²) in [4.78, 5) is 13.4. The second kappa shape index (κ2) is 8.19. The smallest absolute Gasteiger partial charge is 0.288 e. The van der Waals surface area contributed by atoms with Gasteiger partial charge in [0.25, 0.3) is 5.76 Å². The summed E-state index contributed by atoms with van der Waals surface area (Å²) in [5.74, 6) is -2.26. The quantitative estimate of drug-likeness (QED) is 0.748. The summed E-state index contributed by atoms with van der Waals surface area (Å²) in [6.07, 6.45) is 0. The molecule has 2 rings (SSSR count). The van der Waals surface area contributed by atoms with Crippen LogP contribution in [0.4, 0.5) is 14.5 Å². The number of hydrogen-bond donors (Lipinski definition) is 1. The van der Waals surface area contributed by atoms with Gasteiger partial charge in [0.2, 0.25) is 5.91 Å². The zero-order valence-electron chi connectivity index (χ0n) is 11.9. The third-order valence-corrected chi connectivity index (χ3v) is 4.71. The Morgan fingerprint density at radius 1 is 1.14 bits per heavy atom. The van der Waals surface area contributed by atoms with E-state index in [0.717, 1.165) is 10.5 Å². The monoisotopic (exact) mass is 339 g/mol. The van der Waals surface area contributed by atoms with Gasteiger partial charge in [0.15, 0.2) is 0 Å². The first-order valence-corrected chi connectivity index (χ1v) is 8.44. The maximum atomic E-state index is 12.2. The normalized spacial score (nSPS) is 10.7. The molecule has 0 spiro atoms. The van der Waals surface area contributed by atoms with Crippen LogP contribution in [0.25, 0.3) is 0 Å². The zero-order valence-corrected chi connectivity index (χ0v) is 13.5. The SMILES string of the molecule is Cc1ccccc1SCC(=O)Nc1ccc(SC(F)F)cc1. The van der Waals surface area contributed by atoms with Gasteiger partial charge >= 0.3 is 0 Å². The second-order valence-electron chi connectivity index (χ2n) is 4.51. The van der Waals surface area contributed by atoms with E-state index in [0.29, 0.717) is 28.1 Å². The van der Waals surface area contributed by atoms with Crippen LogP contribution in [0.2, 0.25) is 0 Å². The van der Waals surface area contributed by atoms with E-state index in [4.69, 9.17) is 0 Å². The highest BCUT2D eigenvalue weighted by Gasteiger charge is 2.07. The molecular weight excluding hydrogens is 324 g/mol. The van der Waals surface area contributed by atoms with E-state index in [1.54, 1.807) is 24.3 Å². The van der Waals surface area contributed by atoms with Gasteiger partial charge in [0.1, 0.15) is 0 Å². The lowest BCUT2D eigenvalue weighted by Gasteiger charge is -2.07. The topological polar surface area (TPSA) is 29.1 Å². The summed E-state index contributed by atoms with van der Waals surface area (Å²) in [5, 5.41) is 2.76. The van der Waals surface area contributed by atoms with E-state index in [9.17, 15) is 13.6 Å². The number of hydrogen-bond acceptors (Lipinski definition) is 3. The van der Waals surface area contributed by atoms with E-state index in [1.807, 2.05) is 31.2 Å². The molecule has 2 aromatic carbocycles. The Kier molecular flexibility index (Phi) is 6.27. The average molecular weight is 339 g/mol. The molecule has 0 saturated heterocycles. The molecule has 0 radical (unpaired) electrons. The Labute approximate surface area is 136 Å². The van der Waals surface area contributed by atoms with Crippen LogP contribution in [-0.2, 0) is 4.79 Å². The molecule has 0 heterocycles. The molecule has 0 saturated carbocycles. The van der Waals surface area contributed by atoms with Crippen molar-refractivity contribution in [2.45, 2.75) is 22.5 Å². The number of carbonyl (C=O) groups excluding carboxylic acids is 1. The second-order valence-corrected chi connectivity index (χ2v) is 6.59. The van der Waals surface area contributed by atoms with Crippen molar-refractivity contribution in [2.24, 2.45) is 0 Å². The number of benzene rings is 2. The maximum Gasteiger partial charge on any atom is 0.288 e. The zero-order chi connectivity index (χ0) is 15.9. The van der Waals surface area contributed by atoms with Crippen molar-refractivity contribution in [2.75, 3.05) is 11.1 Å². The van der Waals surface area contributed by atoms with E-state index in [1.165, 1.54) is 11.8 Å². The molecule has 0 fully saturated rings. The number of carbonyl (C=O) groups is 1. The van der Waals surface area contributed by atoms with Crippen LogP contribution in [0.5, 0.6) is 0 Å². The summed E-state index contributed by atoms with van der Waals surface area (Å²) >= 11 is 1.96. The number of aryl methyl sites for hydroxylation is 1. The van der Waals surface area contributed by atoms with Crippen molar-refractivity contribution in [3.8, 4) is 0 Å². The number of thioether (sulfide) groups is 2. The largest absolute Gasteiger partial charge is 0.325 e. The van der Waals surface area contributed by atoms with Gasteiger partial charge in [-0.3, -0.25) is 4.79 Å². The summed E-state index contributed by atoms with van der Waals surface area (Å²) < 4.78 is 24.4. The summed E-state index contributed by atoms with van der Waals surface area (Å²) in [5.41, 5.74) is 1.74. The van der Waals surface area contributed by atoms with Crippen molar-refractivity contribution >= 4 is 35.1 Å². The van der Waals surface area contributed by atoms with Crippen LogP contribution in [0.1, 0.15) is 5.56 Å². The summed E-state index contributed by atoms with van der Waals surface area (Å²) in [7, 11) is 0. The first kappa shape index (κ1) is 16.8. The van der Waals surface area contributed by atoms with Crippen LogP contribution >= 0.6 is 23.5 Å². The molecule has 0 atom stereocenters. The highest BCUT2D eigenvalue weighted by atomic mass is 32.2. The van der Waals surface area contributed by atoms with E-state index < -0.39 is 5.76 Å². The molecular formula is C16H15F2NOS2. The van der Waals surface area contributed by atoms with Gasteiger partial charge in [-0.2, -0.15) is 8.78 Å². The number of anilines is 1. The maximum absolute atomic E-state index is 12.2. The lowest BCUT2D eigenvalue weighted by molar-refractivity contribution is -0.113. The lowest BCUT2D eigenvalue weighted by Crippen LogP contribution is -2.13. The number of amides is 1. The Hall–Kier alpha value is -1.53. The molecule has 1 N–H and O–H groups in total. The molecule has 0 aromatic heterocycles. The predicted octanol–water partition coefficient (Wildman–Crippen LogP) is 5.04. The van der Waals surface area contributed by atoms with Gasteiger partial charge in [-0.1, -0.05) is 30.0 Å². The molecule has 0 aliphatic carbocycles. The molecule has 116 valence electrons. The highest BCUT2D eigenvalue weighted by molar-refractivity contribution is 8.00. The Morgan fingerprint density at radius 3 is 2.45 bits per heavy atom. The van der Waals surface area contributed by atoms with Crippen LogP contribution in [0.3, 0.4) is 0 Å². The fourth-order valence-electron chi connectivity index (χ4n) is 1.78.